The van der Waals surface area contributed by atoms with Crippen LogP contribution in [0.2, 0.25) is 0 Å². The van der Waals surface area contributed by atoms with Crippen molar-refractivity contribution in [1.29, 1.82) is 5.26 Å². The molecule has 0 aliphatic carbocycles. The van der Waals surface area contributed by atoms with Crippen LogP contribution in [0.5, 0.6) is 0 Å². The summed E-state index contributed by atoms with van der Waals surface area (Å²) in [6.07, 6.45) is 1.80. The summed E-state index contributed by atoms with van der Waals surface area (Å²) in [4.78, 5) is 24.5. The summed E-state index contributed by atoms with van der Waals surface area (Å²) in [6, 6.07) is 19.0. The number of carbonyl (C=O) groups excluding carboxylic acids is 2. The van der Waals surface area contributed by atoms with Crippen molar-refractivity contribution in [2.45, 2.75) is 13.3 Å². The number of amides is 1. The lowest BCUT2D eigenvalue weighted by Gasteiger charge is -2.07. The van der Waals surface area contributed by atoms with Crippen molar-refractivity contribution in [3.63, 3.8) is 0 Å². The van der Waals surface area contributed by atoms with Crippen molar-refractivity contribution in [3.05, 3.63) is 71.9 Å². The maximum atomic E-state index is 12.7. The Bertz CT molecular complexity index is 1050. The number of aromatic nitrogens is 2. The van der Waals surface area contributed by atoms with Gasteiger partial charge in [-0.25, -0.2) is 9.48 Å². The van der Waals surface area contributed by atoms with Crippen molar-refractivity contribution in [2.24, 2.45) is 0 Å². The summed E-state index contributed by atoms with van der Waals surface area (Å²) < 4.78 is 6.80. The second-order valence-corrected chi connectivity index (χ2v) is 6.32. The van der Waals surface area contributed by atoms with Gasteiger partial charge < -0.3 is 10.1 Å². The van der Waals surface area contributed by atoms with Crippen molar-refractivity contribution >= 4 is 11.9 Å². The largest absolute Gasteiger partial charge is 0.452 e. The fourth-order valence-corrected chi connectivity index (χ4v) is 2.79. The van der Waals surface area contributed by atoms with Gasteiger partial charge in [0, 0.05) is 18.3 Å². The molecular formula is C22H20N4O3. The molecule has 0 atom stereocenters. The third-order valence-electron chi connectivity index (χ3n) is 4.25. The summed E-state index contributed by atoms with van der Waals surface area (Å²) in [5.41, 5.74) is 3.34. The number of ether oxygens (including phenoxy) is 1. The third kappa shape index (κ3) is 4.87. The van der Waals surface area contributed by atoms with Crippen LogP contribution in [0.3, 0.4) is 0 Å². The number of esters is 1. The fourth-order valence-electron chi connectivity index (χ4n) is 2.79. The highest BCUT2D eigenvalue weighted by atomic mass is 16.5. The van der Waals surface area contributed by atoms with Gasteiger partial charge in [0.1, 0.15) is 11.3 Å². The number of rotatable bonds is 7. The number of hydrogen-bond acceptors (Lipinski definition) is 5. The van der Waals surface area contributed by atoms with Gasteiger partial charge in [0.2, 0.25) is 0 Å². The average molecular weight is 388 g/mol. The van der Waals surface area contributed by atoms with E-state index in [2.05, 4.69) is 10.4 Å². The first-order chi connectivity index (χ1) is 14.1. The first-order valence-corrected chi connectivity index (χ1v) is 9.12. The number of nitrogens with one attached hydrogen (secondary N) is 1. The molecule has 3 aromatic rings. The highest BCUT2D eigenvalue weighted by molar-refractivity contribution is 5.97. The number of para-hydroxylation sites is 1. The Morgan fingerprint density at radius 1 is 1.14 bits per heavy atom. The quantitative estimate of drug-likeness (QED) is 0.496. The molecule has 1 heterocycles. The summed E-state index contributed by atoms with van der Waals surface area (Å²) in [5.74, 6) is -1.10. The first kappa shape index (κ1) is 19.8. The molecule has 1 amide bonds. The Morgan fingerprint density at radius 3 is 2.59 bits per heavy atom. The van der Waals surface area contributed by atoms with Crippen LogP contribution in [0.15, 0.2) is 60.8 Å². The Labute approximate surface area is 168 Å². The SMILES string of the molecule is Cc1ccccc1-c1nn(-c2ccccc2)cc1C(=O)OCC(=O)NCCC#N. The van der Waals surface area contributed by atoms with Crippen LogP contribution in [-0.4, -0.2) is 34.8 Å². The van der Waals surface area contributed by atoms with E-state index in [1.807, 2.05) is 67.6 Å². The van der Waals surface area contributed by atoms with E-state index in [1.54, 1.807) is 10.9 Å². The van der Waals surface area contributed by atoms with Gasteiger partial charge in [-0.2, -0.15) is 10.4 Å². The predicted molar refractivity (Wildman–Crippen MR) is 107 cm³/mol. The van der Waals surface area contributed by atoms with Crippen molar-refractivity contribution in [3.8, 4) is 23.0 Å². The van der Waals surface area contributed by atoms with Crippen LogP contribution < -0.4 is 5.32 Å². The second kappa shape index (κ2) is 9.33. The predicted octanol–water partition coefficient (Wildman–Crippen LogP) is 3.03. The molecule has 0 aliphatic rings. The molecule has 0 fully saturated rings. The van der Waals surface area contributed by atoms with E-state index in [1.165, 1.54) is 0 Å². The standard InChI is InChI=1S/C22H20N4O3/c1-16-8-5-6-11-18(16)21-19(14-26(25-21)17-9-3-2-4-10-17)22(28)29-15-20(27)24-13-7-12-23/h2-6,8-11,14H,7,13,15H2,1H3,(H,24,27). The van der Waals surface area contributed by atoms with Crippen LogP contribution in [-0.2, 0) is 9.53 Å². The van der Waals surface area contributed by atoms with Gasteiger partial charge in [0.05, 0.1) is 18.2 Å². The Kier molecular flexibility index (Phi) is 6.38. The number of carbonyl (C=O) groups is 2. The summed E-state index contributed by atoms with van der Waals surface area (Å²) in [7, 11) is 0. The van der Waals surface area contributed by atoms with Gasteiger partial charge >= 0.3 is 5.97 Å². The maximum absolute atomic E-state index is 12.7. The zero-order valence-electron chi connectivity index (χ0n) is 16.0. The molecule has 0 saturated carbocycles. The van der Waals surface area contributed by atoms with E-state index in [9.17, 15) is 9.59 Å². The second-order valence-electron chi connectivity index (χ2n) is 6.32. The van der Waals surface area contributed by atoms with E-state index < -0.39 is 18.5 Å². The highest BCUT2D eigenvalue weighted by Crippen LogP contribution is 2.27. The molecule has 146 valence electrons. The van der Waals surface area contributed by atoms with Gasteiger partial charge in [-0.3, -0.25) is 4.79 Å². The van der Waals surface area contributed by atoms with Gasteiger partial charge in [-0.1, -0.05) is 42.5 Å². The molecule has 1 aromatic heterocycles. The summed E-state index contributed by atoms with van der Waals surface area (Å²) >= 11 is 0. The monoisotopic (exact) mass is 388 g/mol. The molecule has 7 nitrogen and oxygen atoms in total. The molecule has 2 aromatic carbocycles. The Hall–Kier alpha value is -3.92. The van der Waals surface area contributed by atoms with Crippen LogP contribution in [0.1, 0.15) is 22.3 Å². The molecule has 0 aliphatic heterocycles. The summed E-state index contributed by atoms with van der Waals surface area (Å²) in [5, 5.41) is 15.6. The minimum atomic E-state index is -0.638. The van der Waals surface area contributed by atoms with E-state index in [-0.39, 0.29) is 18.5 Å². The minimum Gasteiger partial charge on any atom is -0.452 e. The van der Waals surface area contributed by atoms with Crippen LogP contribution in [0.4, 0.5) is 0 Å². The van der Waals surface area contributed by atoms with Gasteiger partial charge in [0.15, 0.2) is 6.61 Å². The molecule has 29 heavy (non-hydrogen) atoms. The van der Waals surface area contributed by atoms with Gasteiger partial charge in [-0.15, -0.1) is 0 Å². The van der Waals surface area contributed by atoms with Crippen molar-refractivity contribution in [2.75, 3.05) is 13.2 Å². The lowest BCUT2D eigenvalue weighted by atomic mass is 10.0. The van der Waals surface area contributed by atoms with Crippen LogP contribution in [0.25, 0.3) is 16.9 Å². The topological polar surface area (TPSA) is 97.0 Å². The van der Waals surface area contributed by atoms with Crippen molar-refractivity contribution in [1.82, 2.24) is 15.1 Å². The lowest BCUT2D eigenvalue weighted by Crippen LogP contribution is -2.29. The van der Waals surface area contributed by atoms with Crippen LogP contribution in [0, 0.1) is 18.3 Å². The first-order valence-electron chi connectivity index (χ1n) is 9.12. The molecule has 1 N–H and O–H groups in total. The molecule has 0 radical (unpaired) electrons. The fraction of sp³-hybridized carbons (Fsp3) is 0.182. The Morgan fingerprint density at radius 2 is 1.86 bits per heavy atom. The number of nitrogens with zero attached hydrogens (tertiary/aromatic N) is 3. The molecular weight excluding hydrogens is 368 g/mol. The van der Waals surface area contributed by atoms with E-state index in [0.717, 1.165) is 16.8 Å². The smallest absolute Gasteiger partial charge is 0.342 e. The number of benzene rings is 2. The van der Waals surface area contributed by atoms with E-state index in [0.29, 0.717) is 5.69 Å². The molecule has 3 rings (SSSR count). The zero-order valence-corrected chi connectivity index (χ0v) is 16.0. The number of nitriles is 1. The molecule has 0 saturated heterocycles. The lowest BCUT2D eigenvalue weighted by molar-refractivity contribution is -0.124. The van der Waals surface area contributed by atoms with Crippen LogP contribution >= 0.6 is 0 Å². The zero-order chi connectivity index (χ0) is 20.6. The maximum Gasteiger partial charge on any atom is 0.342 e. The third-order valence-corrected chi connectivity index (χ3v) is 4.25. The molecule has 7 heteroatoms. The highest BCUT2D eigenvalue weighted by Gasteiger charge is 2.21. The van der Waals surface area contributed by atoms with Gasteiger partial charge in [0.25, 0.3) is 5.91 Å². The number of hydrogen-bond donors (Lipinski definition) is 1. The molecule has 0 spiro atoms. The minimum absolute atomic E-state index is 0.195. The van der Waals surface area contributed by atoms with Gasteiger partial charge in [-0.05, 0) is 24.6 Å². The normalized spacial score (nSPS) is 10.2. The van der Waals surface area contributed by atoms with Crippen molar-refractivity contribution < 1.29 is 14.3 Å². The molecule has 0 bridgehead atoms. The summed E-state index contributed by atoms with van der Waals surface area (Å²) in [6.45, 7) is 1.73. The number of aryl methyl sites for hydroxylation is 1. The molecule has 0 unspecified atom stereocenters. The van der Waals surface area contributed by atoms with E-state index in [4.69, 9.17) is 10.00 Å². The van der Waals surface area contributed by atoms with E-state index >= 15 is 0 Å². The Balaban J connectivity index is 1.87. The average Bonchev–Trinajstić information content (AvgIpc) is 3.18.